The van der Waals surface area contributed by atoms with Crippen molar-refractivity contribution in [1.29, 1.82) is 10.8 Å². The van der Waals surface area contributed by atoms with Gasteiger partial charge in [-0.3, -0.25) is 15.6 Å². The Hall–Kier alpha value is -3.20. The summed E-state index contributed by atoms with van der Waals surface area (Å²) in [6.07, 6.45) is 3.70. The van der Waals surface area contributed by atoms with E-state index < -0.39 is 0 Å². The lowest BCUT2D eigenvalue weighted by Gasteiger charge is -2.16. The van der Waals surface area contributed by atoms with Gasteiger partial charge >= 0.3 is 0 Å². The molecule has 9 nitrogen and oxygen atoms in total. The molecule has 2 rings (SSSR count). The number of halogens is 1. The summed E-state index contributed by atoms with van der Waals surface area (Å²) in [6.45, 7) is 1.71. The average Bonchev–Trinajstić information content (AvgIpc) is 2.53. The molecule has 1 aromatic carbocycles. The number of hydrazone groups is 2. The Morgan fingerprint density at radius 3 is 2.52 bits per heavy atom. The predicted molar refractivity (Wildman–Crippen MR) is 101 cm³/mol. The standard InChI is InChI=1S/C15H18N8O.ClH/c1-8-6-12(21-23-15(18)19)11-7-9(2-3-10(11)13(8)24)4-5-20-22-14(16)17;/h2-3,5-7H,4H2,1H3,(H4,16,17,22)(H4,18,19,23);1H. The average molecular weight is 363 g/mol. The fourth-order valence-electron chi connectivity index (χ4n) is 2.17. The van der Waals surface area contributed by atoms with E-state index in [0.29, 0.717) is 28.8 Å². The molecular formula is C15H19ClN8O. The van der Waals surface area contributed by atoms with Crippen LogP contribution in [0.15, 0.2) is 40.1 Å². The first kappa shape index (κ1) is 19.8. The lowest BCUT2D eigenvalue weighted by molar-refractivity contribution is 0.103. The van der Waals surface area contributed by atoms with E-state index in [-0.39, 0.29) is 30.1 Å². The Morgan fingerprint density at radius 1 is 1.20 bits per heavy atom. The second kappa shape index (κ2) is 8.60. The van der Waals surface area contributed by atoms with Crippen LogP contribution in [0.25, 0.3) is 0 Å². The van der Waals surface area contributed by atoms with Crippen LogP contribution in [0.3, 0.4) is 0 Å². The fourth-order valence-corrected chi connectivity index (χ4v) is 2.17. The lowest BCUT2D eigenvalue weighted by Crippen LogP contribution is -2.28. The number of hydrogen-bond donors (Lipinski definition) is 6. The number of carbonyl (C=O) groups is 1. The van der Waals surface area contributed by atoms with Gasteiger partial charge in [0.25, 0.3) is 0 Å². The maximum Gasteiger partial charge on any atom is 0.206 e. The minimum Gasteiger partial charge on any atom is -0.369 e. The van der Waals surface area contributed by atoms with Gasteiger partial charge in [0, 0.05) is 23.8 Å². The van der Waals surface area contributed by atoms with Gasteiger partial charge in [0.2, 0.25) is 11.9 Å². The van der Waals surface area contributed by atoms with Crippen molar-refractivity contribution in [3.05, 3.63) is 46.5 Å². The first-order valence-corrected chi connectivity index (χ1v) is 7.04. The molecule has 0 unspecified atom stereocenters. The highest BCUT2D eigenvalue weighted by Crippen LogP contribution is 2.23. The number of carbonyl (C=O) groups excluding carboxylic acids is 1. The minimum atomic E-state index is -0.286. The van der Waals surface area contributed by atoms with Crippen LogP contribution in [-0.2, 0) is 6.42 Å². The van der Waals surface area contributed by atoms with Gasteiger partial charge in [-0.1, -0.05) is 12.1 Å². The number of hydrogen-bond acceptors (Lipinski definition) is 5. The van der Waals surface area contributed by atoms with Crippen molar-refractivity contribution >= 4 is 42.0 Å². The van der Waals surface area contributed by atoms with Gasteiger partial charge in [0.05, 0.1) is 5.71 Å². The molecule has 132 valence electrons. The highest BCUT2D eigenvalue weighted by atomic mass is 35.5. The molecule has 0 spiro atoms. The van der Waals surface area contributed by atoms with Gasteiger partial charge in [-0.25, -0.2) is 10.9 Å². The van der Waals surface area contributed by atoms with Crippen molar-refractivity contribution in [1.82, 2.24) is 10.9 Å². The third kappa shape index (κ3) is 5.15. The maximum absolute atomic E-state index is 12.3. The normalized spacial score (nSPS) is 14.5. The van der Waals surface area contributed by atoms with E-state index in [4.69, 9.17) is 22.3 Å². The number of nitrogens with one attached hydrogen (secondary N) is 4. The van der Waals surface area contributed by atoms with Crippen LogP contribution in [0.1, 0.15) is 28.4 Å². The molecule has 0 atom stereocenters. The number of nitrogens with two attached hydrogens (primary N) is 2. The zero-order valence-corrected chi connectivity index (χ0v) is 14.3. The summed E-state index contributed by atoms with van der Waals surface area (Å²) in [5, 5.41) is 22.1. The molecular weight excluding hydrogens is 344 g/mol. The van der Waals surface area contributed by atoms with Crippen molar-refractivity contribution < 1.29 is 4.79 Å². The lowest BCUT2D eigenvalue weighted by atomic mass is 9.88. The molecule has 1 aliphatic rings. The van der Waals surface area contributed by atoms with Crippen LogP contribution < -0.4 is 22.3 Å². The molecule has 0 saturated carbocycles. The van der Waals surface area contributed by atoms with Crippen LogP contribution in [0.2, 0.25) is 0 Å². The van der Waals surface area contributed by atoms with E-state index in [2.05, 4.69) is 21.1 Å². The number of ketones is 1. The zero-order chi connectivity index (χ0) is 17.7. The highest BCUT2D eigenvalue weighted by molar-refractivity contribution is 6.26. The summed E-state index contributed by atoms with van der Waals surface area (Å²) in [5.41, 5.74) is 18.3. The van der Waals surface area contributed by atoms with Gasteiger partial charge in [-0.2, -0.15) is 10.2 Å². The third-order valence-electron chi connectivity index (χ3n) is 3.22. The summed E-state index contributed by atoms with van der Waals surface area (Å²) in [5.74, 6) is -0.594. The number of guanidine groups is 2. The molecule has 1 aliphatic carbocycles. The van der Waals surface area contributed by atoms with E-state index in [1.807, 2.05) is 12.1 Å². The summed E-state index contributed by atoms with van der Waals surface area (Å²) >= 11 is 0. The van der Waals surface area contributed by atoms with E-state index >= 15 is 0 Å². The first-order valence-electron chi connectivity index (χ1n) is 7.04. The Bertz CT molecular complexity index is 797. The Kier molecular flexibility index (Phi) is 6.82. The predicted octanol–water partition coefficient (Wildman–Crippen LogP) is 0.450. The number of nitrogens with zero attached hydrogens (tertiary/aromatic N) is 2. The van der Waals surface area contributed by atoms with Crippen LogP contribution in [-0.4, -0.2) is 29.6 Å². The Morgan fingerprint density at radius 2 is 1.88 bits per heavy atom. The number of rotatable bonds is 4. The van der Waals surface area contributed by atoms with Crippen LogP contribution in [0.5, 0.6) is 0 Å². The smallest absolute Gasteiger partial charge is 0.206 e. The number of Topliss-reactive ketones (excluding diaryl/α,β-unsaturated/α-hetero) is 1. The molecule has 10 heteroatoms. The number of fused-ring (bicyclic) bond motifs is 1. The van der Waals surface area contributed by atoms with Crippen molar-refractivity contribution in [2.24, 2.45) is 21.7 Å². The first-order chi connectivity index (χ1) is 11.4. The molecule has 1 aromatic rings. The number of benzene rings is 1. The zero-order valence-electron chi connectivity index (χ0n) is 13.5. The molecule has 0 fully saturated rings. The Balaban J connectivity index is 0.00000312. The van der Waals surface area contributed by atoms with Crippen molar-refractivity contribution in [3.63, 3.8) is 0 Å². The third-order valence-corrected chi connectivity index (χ3v) is 3.22. The van der Waals surface area contributed by atoms with Gasteiger partial charge in [0.15, 0.2) is 5.78 Å². The van der Waals surface area contributed by atoms with Gasteiger partial charge in [-0.05, 0) is 30.2 Å². The van der Waals surface area contributed by atoms with Crippen molar-refractivity contribution in [2.75, 3.05) is 0 Å². The van der Waals surface area contributed by atoms with E-state index in [9.17, 15) is 4.79 Å². The van der Waals surface area contributed by atoms with Gasteiger partial charge < -0.3 is 11.5 Å². The summed E-state index contributed by atoms with van der Waals surface area (Å²) in [7, 11) is 0. The second-order valence-electron chi connectivity index (χ2n) is 5.10. The second-order valence-corrected chi connectivity index (χ2v) is 5.10. The van der Waals surface area contributed by atoms with Gasteiger partial charge in [-0.15, -0.1) is 12.4 Å². The Labute approximate surface area is 150 Å². The maximum atomic E-state index is 12.3. The monoisotopic (exact) mass is 362 g/mol. The van der Waals surface area contributed by atoms with Crippen molar-refractivity contribution in [3.8, 4) is 0 Å². The molecule has 8 N–H and O–H groups in total. The summed E-state index contributed by atoms with van der Waals surface area (Å²) < 4.78 is 0. The highest BCUT2D eigenvalue weighted by Gasteiger charge is 2.22. The molecule has 0 heterocycles. The molecule has 25 heavy (non-hydrogen) atoms. The topological polar surface area (TPSA) is 166 Å². The molecule has 0 radical (unpaired) electrons. The van der Waals surface area contributed by atoms with E-state index in [1.54, 1.807) is 25.3 Å². The quantitative estimate of drug-likeness (QED) is 0.259. The summed E-state index contributed by atoms with van der Waals surface area (Å²) in [6, 6.07) is 5.39. The molecule has 0 saturated heterocycles. The molecule has 0 aliphatic heterocycles. The number of allylic oxidation sites excluding steroid dienone is 2. The van der Waals surface area contributed by atoms with Crippen LogP contribution >= 0.6 is 12.4 Å². The summed E-state index contributed by atoms with van der Waals surface area (Å²) in [4.78, 5) is 12.3. The van der Waals surface area contributed by atoms with Gasteiger partial charge in [0.1, 0.15) is 0 Å². The van der Waals surface area contributed by atoms with Crippen LogP contribution in [0, 0.1) is 10.8 Å². The fraction of sp³-hybridized carbons (Fsp3) is 0.133. The van der Waals surface area contributed by atoms with Crippen LogP contribution in [0.4, 0.5) is 0 Å². The molecule has 0 aromatic heterocycles. The largest absolute Gasteiger partial charge is 0.369 e. The van der Waals surface area contributed by atoms with E-state index in [0.717, 1.165) is 5.56 Å². The molecule has 0 bridgehead atoms. The van der Waals surface area contributed by atoms with Crippen molar-refractivity contribution in [2.45, 2.75) is 13.3 Å². The minimum absolute atomic E-state index is 0. The SMILES string of the molecule is CC1=CC(=NNC(=N)N)c2cc(CC=NNC(=N)N)ccc2C1=O.Cl. The van der Waals surface area contributed by atoms with E-state index in [1.165, 1.54) is 0 Å². The molecule has 0 amide bonds.